The lowest BCUT2D eigenvalue weighted by atomic mass is 9.81. The smallest absolute Gasteiger partial charge is 0.328 e. The van der Waals surface area contributed by atoms with E-state index in [1.54, 1.807) is 6.08 Å². The Hall–Kier alpha value is -2.14. The number of fused-ring (bicyclic) bond motifs is 1. The summed E-state index contributed by atoms with van der Waals surface area (Å²) < 4.78 is 5.14. The summed E-state index contributed by atoms with van der Waals surface area (Å²) >= 11 is 0. The van der Waals surface area contributed by atoms with Crippen molar-refractivity contribution < 1.29 is 19.4 Å². The molecule has 5 heteroatoms. The topological polar surface area (TPSA) is 75.6 Å². The number of carboxylic acids is 1. The first-order valence-electron chi connectivity index (χ1n) is 7.90. The van der Waals surface area contributed by atoms with Gasteiger partial charge in [-0.15, -0.1) is 6.58 Å². The number of carbonyl (C=O) groups is 2. The molecule has 0 radical (unpaired) electrons. The zero-order chi connectivity index (χ0) is 16.7. The van der Waals surface area contributed by atoms with Gasteiger partial charge in [-0.1, -0.05) is 30.3 Å². The molecule has 1 aliphatic rings. The third kappa shape index (κ3) is 4.93. The van der Waals surface area contributed by atoms with Crippen LogP contribution in [0, 0.1) is 0 Å². The molecule has 1 aliphatic carbocycles. The summed E-state index contributed by atoms with van der Waals surface area (Å²) in [6.07, 6.45) is 4.90. The van der Waals surface area contributed by atoms with Crippen molar-refractivity contribution in [1.82, 2.24) is 5.32 Å². The SMILES string of the molecule is C=CCOCC(NC(=O)CC1CCCc2ccccc21)C(=O)O. The van der Waals surface area contributed by atoms with Gasteiger partial charge in [-0.05, 0) is 36.3 Å². The molecular formula is C18H23NO4. The number of rotatable bonds is 8. The molecule has 0 heterocycles. The molecule has 0 spiro atoms. The van der Waals surface area contributed by atoms with Crippen molar-refractivity contribution >= 4 is 11.9 Å². The summed E-state index contributed by atoms with van der Waals surface area (Å²) in [6, 6.07) is 7.13. The summed E-state index contributed by atoms with van der Waals surface area (Å²) in [6.45, 7) is 3.70. The van der Waals surface area contributed by atoms with Crippen LogP contribution >= 0.6 is 0 Å². The number of carboxylic acid groups (broad SMARTS) is 1. The van der Waals surface area contributed by atoms with Gasteiger partial charge in [-0.25, -0.2) is 4.79 Å². The highest BCUT2D eigenvalue weighted by Crippen LogP contribution is 2.33. The van der Waals surface area contributed by atoms with E-state index >= 15 is 0 Å². The first-order valence-corrected chi connectivity index (χ1v) is 7.90. The predicted octanol–water partition coefficient (Wildman–Crippen LogP) is 2.27. The van der Waals surface area contributed by atoms with Gasteiger partial charge in [0, 0.05) is 6.42 Å². The predicted molar refractivity (Wildman–Crippen MR) is 87.3 cm³/mol. The first-order chi connectivity index (χ1) is 11.1. The van der Waals surface area contributed by atoms with E-state index < -0.39 is 12.0 Å². The van der Waals surface area contributed by atoms with Crippen molar-refractivity contribution in [2.24, 2.45) is 0 Å². The first kappa shape index (κ1) is 17.2. The van der Waals surface area contributed by atoms with E-state index in [2.05, 4.69) is 24.0 Å². The van der Waals surface area contributed by atoms with Gasteiger partial charge in [0.15, 0.2) is 6.04 Å². The molecule has 0 bridgehead atoms. The maximum atomic E-state index is 12.2. The molecule has 1 amide bonds. The van der Waals surface area contributed by atoms with E-state index in [-0.39, 0.29) is 25.0 Å². The Morgan fingerprint density at radius 3 is 2.96 bits per heavy atom. The number of hydrogen-bond donors (Lipinski definition) is 2. The minimum Gasteiger partial charge on any atom is -0.480 e. The molecular weight excluding hydrogens is 294 g/mol. The summed E-state index contributed by atoms with van der Waals surface area (Å²) in [4.78, 5) is 23.4. The number of benzene rings is 1. The Morgan fingerprint density at radius 2 is 2.22 bits per heavy atom. The van der Waals surface area contributed by atoms with Gasteiger partial charge in [-0.3, -0.25) is 4.79 Å². The molecule has 2 rings (SSSR count). The van der Waals surface area contributed by atoms with Crippen LogP contribution in [0.1, 0.15) is 36.3 Å². The summed E-state index contributed by atoms with van der Waals surface area (Å²) in [5, 5.41) is 11.7. The highest BCUT2D eigenvalue weighted by atomic mass is 16.5. The van der Waals surface area contributed by atoms with Crippen LogP contribution in [0.4, 0.5) is 0 Å². The van der Waals surface area contributed by atoms with Gasteiger partial charge in [0.25, 0.3) is 0 Å². The molecule has 0 saturated heterocycles. The van der Waals surface area contributed by atoms with Crippen molar-refractivity contribution in [3.8, 4) is 0 Å². The maximum Gasteiger partial charge on any atom is 0.328 e. The van der Waals surface area contributed by atoms with Gasteiger partial charge in [0.2, 0.25) is 5.91 Å². The standard InChI is InChI=1S/C18H23NO4/c1-2-10-23-12-16(18(21)22)19-17(20)11-14-8-5-7-13-6-3-4-9-15(13)14/h2-4,6,9,14,16H,1,5,7-8,10-12H2,(H,19,20)(H,21,22). The minimum atomic E-state index is -1.09. The second-order valence-electron chi connectivity index (χ2n) is 5.78. The van der Waals surface area contributed by atoms with Gasteiger partial charge in [0.1, 0.15) is 0 Å². The number of carbonyl (C=O) groups excluding carboxylic acids is 1. The van der Waals surface area contributed by atoms with E-state index in [0.717, 1.165) is 19.3 Å². The lowest BCUT2D eigenvalue weighted by molar-refractivity contribution is -0.143. The molecule has 0 saturated carbocycles. The largest absolute Gasteiger partial charge is 0.480 e. The Kier molecular flexibility index (Phi) is 6.35. The molecule has 124 valence electrons. The normalized spacial score (nSPS) is 17.8. The zero-order valence-corrected chi connectivity index (χ0v) is 13.2. The summed E-state index contributed by atoms with van der Waals surface area (Å²) in [5.74, 6) is -1.18. The quantitative estimate of drug-likeness (QED) is 0.570. The monoisotopic (exact) mass is 317 g/mol. The van der Waals surface area contributed by atoms with E-state index in [0.29, 0.717) is 6.42 Å². The average Bonchev–Trinajstić information content (AvgIpc) is 2.54. The Labute approximate surface area is 136 Å². The Balaban J connectivity index is 1.93. The molecule has 0 aromatic heterocycles. The fourth-order valence-corrected chi connectivity index (χ4v) is 2.99. The van der Waals surface area contributed by atoms with E-state index in [1.807, 2.05) is 12.1 Å². The number of nitrogens with one attached hydrogen (secondary N) is 1. The molecule has 2 N–H and O–H groups in total. The number of ether oxygens (including phenoxy) is 1. The molecule has 0 aliphatic heterocycles. The van der Waals surface area contributed by atoms with Gasteiger partial charge in [0.05, 0.1) is 13.2 Å². The van der Waals surface area contributed by atoms with Crippen LogP contribution in [-0.4, -0.2) is 36.2 Å². The van der Waals surface area contributed by atoms with E-state index in [9.17, 15) is 9.59 Å². The van der Waals surface area contributed by atoms with Crippen LogP contribution < -0.4 is 5.32 Å². The van der Waals surface area contributed by atoms with E-state index in [1.165, 1.54) is 11.1 Å². The number of hydrogen-bond acceptors (Lipinski definition) is 3. The van der Waals surface area contributed by atoms with Crippen LogP contribution in [-0.2, 0) is 20.7 Å². The fourth-order valence-electron chi connectivity index (χ4n) is 2.99. The highest BCUT2D eigenvalue weighted by Gasteiger charge is 2.25. The number of aryl methyl sites for hydroxylation is 1. The molecule has 2 unspecified atom stereocenters. The van der Waals surface area contributed by atoms with Crippen molar-refractivity contribution in [3.63, 3.8) is 0 Å². The Morgan fingerprint density at radius 1 is 1.43 bits per heavy atom. The van der Waals surface area contributed by atoms with Crippen molar-refractivity contribution in [2.45, 2.75) is 37.6 Å². The highest BCUT2D eigenvalue weighted by molar-refractivity contribution is 5.84. The lowest BCUT2D eigenvalue weighted by Gasteiger charge is -2.25. The van der Waals surface area contributed by atoms with Crippen LogP contribution in [0.3, 0.4) is 0 Å². The molecule has 2 atom stereocenters. The van der Waals surface area contributed by atoms with Crippen LogP contribution in [0.5, 0.6) is 0 Å². The third-order valence-electron chi connectivity index (χ3n) is 4.08. The third-order valence-corrected chi connectivity index (χ3v) is 4.08. The second-order valence-corrected chi connectivity index (χ2v) is 5.78. The fraction of sp³-hybridized carbons (Fsp3) is 0.444. The Bertz CT molecular complexity index is 570. The van der Waals surface area contributed by atoms with Crippen LogP contribution in [0.15, 0.2) is 36.9 Å². The maximum absolute atomic E-state index is 12.2. The minimum absolute atomic E-state index is 0.0612. The zero-order valence-electron chi connectivity index (χ0n) is 13.2. The van der Waals surface area contributed by atoms with Crippen molar-refractivity contribution in [2.75, 3.05) is 13.2 Å². The van der Waals surface area contributed by atoms with Gasteiger partial charge < -0.3 is 15.2 Å². The van der Waals surface area contributed by atoms with Crippen molar-refractivity contribution in [3.05, 3.63) is 48.0 Å². The van der Waals surface area contributed by atoms with E-state index in [4.69, 9.17) is 9.84 Å². The average molecular weight is 317 g/mol. The molecule has 1 aromatic rings. The molecule has 23 heavy (non-hydrogen) atoms. The van der Waals surface area contributed by atoms with Gasteiger partial charge in [-0.2, -0.15) is 0 Å². The number of aliphatic carboxylic acids is 1. The summed E-state index contributed by atoms with van der Waals surface area (Å²) in [5.41, 5.74) is 2.50. The molecule has 5 nitrogen and oxygen atoms in total. The van der Waals surface area contributed by atoms with Gasteiger partial charge >= 0.3 is 5.97 Å². The lowest BCUT2D eigenvalue weighted by Crippen LogP contribution is -2.44. The van der Waals surface area contributed by atoms with Crippen molar-refractivity contribution in [1.29, 1.82) is 0 Å². The number of amides is 1. The summed E-state index contributed by atoms with van der Waals surface area (Å²) in [7, 11) is 0. The van der Waals surface area contributed by atoms with Crippen LogP contribution in [0.2, 0.25) is 0 Å². The molecule has 1 aromatic carbocycles. The second kappa shape index (κ2) is 8.48. The molecule has 0 fully saturated rings. The van der Waals surface area contributed by atoms with Crippen LogP contribution in [0.25, 0.3) is 0 Å².